The lowest BCUT2D eigenvalue weighted by Gasteiger charge is -2.18. The van der Waals surface area contributed by atoms with Gasteiger partial charge in [-0.2, -0.15) is 5.26 Å². The Balaban J connectivity index is 1.50. The summed E-state index contributed by atoms with van der Waals surface area (Å²) in [6.45, 7) is 17.4. The molecule has 0 aromatic heterocycles. The van der Waals surface area contributed by atoms with Crippen molar-refractivity contribution < 1.29 is 0 Å². The van der Waals surface area contributed by atoms with E-state index in [1.165, 1.54) is 39.0 Å². The Morgan fingerprint density at radius 2 is 1.59 bits per heavy atom. The molecule has 46 heavy (non-hydrogen) atoms. The summed E-state index contributed by atoms with van der Waals surface area (Å²) in [5.41, 5.74) is 14.9. The van der Waals surface area contributed by atoms with Gasteiger partial charge in [0.05, 0.1) is 11.6 Å². The minimum absolute atomic E-state index is 0.672. The van der Waals surface area contributed by atoms with Crippen LogP contribution < -0.4 is 10.4 Å². The van der Waals surface area contributed by atoms with Gasteiger partial charge in [-0.15, -0.1) is 0 Å². The van der Waals surface area contributed by atoms with Crippen LogP contribution in [0.3, 0.4) is 0 Å². The molecule has 1 nitrogen and oxygen atoms in total. The van der Waals surface area contributed by atoms with E-state index in [4.69, 9.17) is 0 Å². The average Bonchev–Trinajstić information content (AvgIpc) is 3.09. The predicted octanol–water partition coefficient (Wildman–Crippen LogP) is 10.5. The quantitative estimate of drug-likeness (QED) is 0.156. The molecule has 0 unspecified atom stereocenters. The van der Waals surface area contributed by atoms with Gasteiger partial charge in [-0.05, 0) is 123 Å². The van der Waals surface area contributed by atoms with Gasteiger partial charge in [-0.1, -0.05) is 136 Å². The number of hydrogen-bond acceptors (Lipinski definition) is 1. The van der Waals surface area contributed by atoms with Crippen LogP contribution in [0.4, 0.5) is 0 Å². The normalized spacial score (nSPS) is 12.0. The van der Waals surface area contributed by atoms with Crippen molar-refractivity contribution in [2.75, 3.05) is 0 Å². The number of allylic oxidation sites excluding steroid dienone is 4. The van der Waals surface area contributed by atoms with Crippen molar-refractivity contribution in [3.8, 4) is 28.3 Å². The van der Waals surface area contributed by atoms with Crippen molar-refractivity contribution in [2.45, 2.75) is 40.5 Å². The van der Waals surface area contributed by atoms with Gasteiger partial charge in [0.25, 0.3) is 0 Å². The van der Waals surface area contributed by atoms with Crippen LogP contribution in [-0.2, 0) is 6.42 Å². The first-order valence-corrected chi connectivity index (χ1v) is 15.9. The van der Waals surface area contributed by atoms with Crippen molar-refractivity contribution in [1.82, 2.24) is 0 Å². The van der Waals surface area contributed by atoms with Gasteiger partial charge < -0.3 is 0 Å². The van der Waals surface area contributed by atoms with Crippen molar-refractivity contribution in [3.05, 3.63) is 171 Å². The number of hydrogen-bond donors (Lipinski definition) is 0. The van der Waals surface area contributed by atoms with E-state index in [1.807, 2.05) is 30.3 Å². The van der Waals surface area contributed by atoms with Gasteiger partial charge in [0.15, 0.2) is 0 Å². The average molecular weight is 596 g/mol. The Morgan fingerprint density at radius 1 is 0.826 bits per heavy atom. The number of nitriles is 1. The molecule has 0 radical (unpaired) electrons. The summed E-state index contributed by atoms with van der Waals surface area (Å²) in [4.78, 5) is 0. The van der Waals surface area contributed by atoms with E-state index in [1.54, 1.807) is 0 Å². The van der Waals surface area contributed by atoms with Crippen molar-refractivity contribution in [3.63, 3.8) is 0 Å². The van der Waals surface area contributed by atoms with E-state index in [-0.39, 0.29) is 0 Å². The molecule has 5 rings (SSSR count). The Labute approximate surface area is 274 Å². The van der Waals surface area contributed by atoms with Crippen LogP contribution >= 0.6 is 0 Å². The molecular formula is C45H41N. The van der Waals surface area contributed by atoms with E-state index >= 15 is 0 Å². The monoisotopic (exact) mass is 595 g/mol. The molecular weight excluding hydrogens is 555 g/mol. The molecule has 5 aromatic carbocycles. The number of aryl methyl sites for hydroxylation is 2. The molecule has 0 aliphatic rings. The third kappa shape index (κ3) is 7.09. The van der Waals surface area contributed by atoms with Gasteiger partial charge in [0.2, 0.25) is 0 Å². The second-order valence-electron chi connectivity index (χ2n) is 11.9. The molecule has 0 spiro atoms. The fourth-order valence-electron chi connectivity index (χ4n) is 5.88. The maximum atomic E-state index is 9.33. The lowest BCUT2D eigenvalue weighted by Crippen LogP contribution is -2.26. The second kappa shape index (κ2) is 14.6. The highest BCUT2D eigenvalue weighted by Gasteiger charge is 2.15. The third-order valence-electron chi connectivity index (χ3n) is 8.76. The van der Waals surface area contributed by atoms with Crippen LogP contribution in [0.2, 0.25) is 0 Å². The molecule has 0 atom stereocenters. The van der Waals surface area contributed by atoms with E-state index in [2.05, 4.69) is 144 Å². The lowest BCUT2D eigenvalue weighted by molar-refractivity contribution is 0.924. The molecule has 0 aliphatic heterocycles. The SMILES string of the molecule is C=C(/C=C\c1cc/c(=C/C=C(\C)c2ccc(C)c(-c3c(CCC)cccc3-c3ccc(C#N)cc3)c2)c(=C)c1C)c1ccccc1. The van der Waals surface area contributed by atoms with Crippen LogP contribution in [0.15, 0.2) is 122 Å². The zero-order chi connectivity index (χ0) is 32.6. The van der Waals surface area contributed by atoms with Gasteiger partial charge in [-0.3, -0.25) is 0 Å². The van der Waals surface area contributed by atoms with Crippen LogP contribution in [0.5, 0.6) is 0 Å². The molecule has 0 saturated heterocycles. The lowest BCUT2D eigenvalue weighted by atomic mass is 9.85. The van der Waals surface area contributed by atoms with Crippen LogP contribution in [0.25, 0.3) is 52.1 Å². The molecule has 0 N–H and O–H groups in total. The van der Waals surface area contributed by atoms with Crippen LogP contribution in [-0.4, -0.2) is 0 Å². The number of nitrogens with zero attached hydrogens (tertiary/aromatic N) is 1. The second-order valence-corrected chi connectivity index (χ2v) is 11.9. The summed E-state index contributed by atoms with van der Waals surface area (Å²) in [5.74, 6) is 0. The Hall–Kier alpha value is -5.45. The first kappa shape index (κ1) is 32.0. The summed E-state index contributed by atoms with van der Waals surface area (Å²) in [6.07, 6.45) is 10.6. The molecule has 0 heterocycles. The first-order chi connectivity index (χ1) is 22.3. The van der Waals surface area contributed by atoms with Gasteiger partial charge >= 0.3 is 0 Å². The van der Waals surface area contributed by atoms with Crippen LogP contribution in [0.1, 0.15) is 59.2 Å². The smallest absolute Gasteiger partial charge is 0.0991 e. The standard InChI is InChI=1S/C45H41N/c1-7-12-41-15-11-16-43(40-25-20-36(30-46)21-26-40)45(41)44-29-42(24-19-33(44)4)32(3)18-23-39-28-27-38(34(5)35(39)6)22-17-31(2)37-13-9-8-10-14-37/h8-11,13-29H,2,6-7,12H2,1,3-5H3/b22-17-,32-18+,39-23-. The number of benzene rings is 5. The molecule has 5 aromatic rings. The van der Waals surface area contributed by atoms with Crippen molar-refractivity contribution >= 4 is 29.9 Å². The highest BCUT2D eigenvalue weighted by atomic mass is 14.2. The summed E-state index contributed by atoms with van der Waals surface area (Å²) < 4.78 is 0. The van der Waals surface area contributed by atoms with Gasteiger partial charge in [0.1, 0.15) is 0 Å². The zero-order valence-electron chi connectivity index (χ0n) is 27.4. The van der Waals surface area contributed by atoms with Crippen molar-refractivity contribution in [1.29, 1.82) is 5.26 Å². The number of rotatable bonds is 9. The van der Waals surface area contributed by atoms with E-state index < -0.39 is 0 Å². The fourth-order valence-corrected chi connectivity index (χ4v) is 5.88. The third-order valence-corrected chi connectivity index (χ3v) is 8.76. The molecule has 1 heteroatoms. The molecule has 0 saturated carbocycles. The van der Waals surface area contributed by atoms with Crippen LogP contribution in [0, 0.1) is 25.2 Å². The molecule has 226 valence electrons. The highest BCUT2D eigenvalue weighted by Crippen LogP contribution is 2.38. The largest absolute Gasteiger partial charge is 0.192 e. The maximum Gasteiger partial charge on any atom is 0.0991 e. The molecule has 0 amide bonds. The molecule has 0 bridgehead atoms. The highest BCUT2D eigenvalue weighted by molar-refractivity contribution is 5.89. The summed E-state index contributed by atoms with van der Waals surface area (Å²) in [6, 6.07) is 38.1. The van der Waals surface area contributed by atoms with E-state index in [0.717, 1.165) is 51.1 Å². The molecule has 0 fully saturated rings. The van der Waals surface area contributed by atoms with E-state index in [0.29, 0.717) is 5.56 Å². The summed E-state index contributed by atoms with van der Waals surface area (Å²) in [5, 5.41) is 11.5. The Kier molecular flexibility index (Phi) is 10.1. The summed E-state index contributed by atoms with van der Waals surface area (Å²) >= 11 is 0. The Bertz CT molecular complexity index is 2100. The zero-order valence-corrected chi connectivity index (χ0v) is 27.4. The minimum Gasteiger partial charge on any atom is -0.192 e. The first-order valence-electron chi connectivity index (χ1n) is 15.9. The van der Waals surface area contributed by atoms with E-state index in [9.17, 15) is 5.26 Å². The Morgan fingerprint density at radius 3 is 2.30 bits per heavy atom. The predicted molar refractivity (Wildman–Crippen MR) is 199 cm³/mol. The molecule has 0 aliphatic carbocycles. The van der Waals surface area contributed by atoms with Gasteiger partial charge in [-0.25, -0.2) is 0 Å². The maximum absolute atomic E-state index is 9.33. The topological polar surface area (TPSA) is 23.8 Å². The van der Waals surface area contributed by atoms with Crippen molar-refractivity contribution in [2.24, 2.45) is 0 Å². The minimum atomic E-state index is 0.672. The fraction of sp³-hybridized carbons (Fsp3) is 0.133. The van der Waals surface area contributed by atoms with Gasteiger partial charge in [0, 0.05) is 0 Å². The summed E-state index contributed by atoms with van der Waals surface area (Å²) in [7, 11) is 0.